The first-order valence-corrected chi connectivity index (χ1v) is 13.9. The standard InChI is InChI=1S/C27H26ClFN4O5S/c1-4-14-39(35,36)33(15-17-8-10-18(37-2)11-9-17)22-13-12-21(29)24(25(22)38-3)32-27(34)20-7-5-6-19-23(20)30-16-31-26(19)28/h5-13,16H,4,14-15H2,1-3H3,(H,32,34). The Bertz CT molecular complexity index is 1620. The molecule has 4 aromatic rings. The van der Waals surface area contributed by atoms with Gasteiger partial charge in [-0.05, 0) is 48.4 Å². The van der Waals surface area contributed by atoms with Gasteiger partial charge in [0, 0.05) is 5.39 Å². The number of anilines is 2. The Kier molecular flexibility index (Phi) is 8.51. The van der Waals surface area contributed by atoms with E-state index in [1.165, 1.54) is 32.7 Å². The second kappa shape index (κ2) is 11.8. The lowest BCUT2D eigenvalue weighted by atomic mass is 10.1. The summed E-state index contributed by atoms with van der Waals surface area (Å²) in [5.41, 5.74) is 0.819. The second-order valence-corrected chi connectivity index (χ2v) is 10.8. The van der Waals surface area contributed by atoms with Crippen molar-refractivity contribution in [1.29, 1.82) is 0 Å². The monoisotopic (exact) mass is 572 g/mol. The highest BCUT2D eigenvalue weighted by Gasteiger charge is 2.29. The predicted molar refractivity (Wildman–Crippen MR) is 149 cm³/mol. The van der Waals surface area contributed by atoms with Gasteiger partial charge in [0.25, 0.3) is 5.91 Å². The van der Waals surface area contributed by atoms with E-state index in [0.717, 1.165) is 10.4 Å². The number of para-hydroxylation sites is 1. The van der Waals surface area contributed by atoms with Crippen molar-refractivity contribution in [3.05, 3.63) is 83.0 Å². The Labute approximate surface area is 230 Å². The van der Waals surface area contributed by atoms with Crippen molar-refractivity contribution in [3.8, 4) is 11.5 Å². The number of carbonyl (C=O) groups is 1. The van der Waals surface area contributed by atoms with E-state index in [4.69, 9.17) is 21.1 Å². The lowest BCUT2D eigenvalue weighted by Crippen LogP contribution is -2.33. The van der Waals surface area contributed by atoms with Gasteiger partial charge in [-0.15, -0.1) is 0 Å². The lowest BCUT2D eigenvalue weighted by molar-refractivity contribution is 0.102. The number of sulfonamides is 1. The third-order valence-corrected chi connectivity index (χ3v) is 8.16. The Morgan fingerprint density at radius 1 is 1.05 bits per heavy atom. The summed E-state index contributed by atoms with van der Waals surface area (Å²) in [4.78, 5) is 21.4. The quantitative estimate of drug-likeness (QED) is 0.252. The maximum absolute atomic E-state index is 15.2. The Morgan fingerprint density at radius 3 is 2.46 bits per heavy atom. The molecule has 0 aliphatic rings. The third kappa shape index (κ3) is 5.89. The Morgan fingerprint density at radius 2 is 1.79 bits per heavy atom. The normalized spacial score (nSPS) is 11.3. The highest BCUT2D eigenvalue weighted by atomic mass is 35.5. The largest absolute Gasteiger partial charge is 0.497 e. The molecule has 0 fully saturated rings. The molecule has 39 heavy (non-hydrogen) atoms. The molecule has 1 amide bonds. The number of amides is 1. The number of methoxy groups -OCH3 is 2. The summed E-state index contributed by atoms with van der Waals surface area (Å²) in [7, 11) is -1.05. The van der Waals surface area contributed by atoms with Crippen LogP contribution >= 0.6 is 11.6 Å². The van der Waals surface area contributed by atoms with Crippen LogP contribution in [0.25, 0.3) is 10.9 Å². The van der Waals surface area contributed by atoms with Crippen molar-refractivity contribution < 1.29 is 27.1 Å². The Hall–Kier alpha value is -3.96. The summed E-state index contributed by atoms with van der Waals surface area (Å²) in [6.07, 6.45) is 1.58. The molecule has 1 N–H and O–H groups in total. The van der Waals surface area contributed by atoms with Gasteiger partial charge in [0.05, 0.1) is 43.3 Å². The number of aromatic nitrogens is 2. The van der Waals surface area contributed by atoms with Gasteiger partial charge < -0.3 is 14.8 Å². The molecule has 0 unspecified atom stereocenters. The molecule has 0 aliphatic carbocycles. The zero-order valence-corrected chi connectivity index (χ0v) is 23.0. The summed E-state index contributed by atoms with van der Waals surface area (Å²) in [6, 6.07) is 14.1. The molecule has 12 heteroatoms. The molecule has 4 rings (SSSR count). The number of hydrogen-bond acceptors (Lipinski definition) is 7. The smallest absolute Gasteiger partial charge is 0.258 e. The highest BCUT2D eigenvalue weighted by Crippen LogP contribution is 2.40. The maximum Gasteiger partial charge on any atom is 0.258 e. The van der Waals surface area contributed by atoms with E-state index in [1.54, 1.807) is 43.3 Å². The molecule has 1 aromatic heterocycles. The minimum absolute atomic E-state index is 0.0551. The van der Waals surface area contributed by atoms with Crippen LogP contribution in [0.3, 0.4) is 0 Å². The highest BCUT2D eigenvalue weighted by molar-refractivity contribution is 7.92. The molecule has 0 saturated heterocycles. The molecule has 0 aliphatic heterocycles. The van der Waals surface area contributed by atoms with Crippen LogP contribution in [-0.4, -0.2) is 44.3 Å². The van der Waals surface area contributed by atoms with Gasteiger partial charge in [-0.1, -0.05) is 36.7 Å². The molecule has 0 spiro atoms. The molecule has 9 nitrogen and oxygen atoms in total. The molecule has 0 atom stereocenters. The summed E-state index contributed by atoms with van der Waals surface area (Å²) in [5, 5.41) is 3.15. The summed E-state index contributed by atoms with van der Waals surface area (Å²) in [5.74, 6) is -1.19. The van der Waals surface area contributed by atoms with Crippen LogP contribution in [0.1, 0.15) is 29.3 Å². The summed E-state index contributed by atoms with van der Waals surface area (Å²) in [6.45, 7) is 1.69. The van der Waals surface area contributed by atoms with Crippen LogP contribution in [0.2, 0.25) is 5.15 Å². The van der Waals surface area contributed by atoms with Gasteiger partial charge in [-0.2, -0.15) is 0 Å². The fraction of sp³-hybridized carbons (Fsp3) is 0.222. The zero-order chi connectivity index (χ0) is 28.2. The predicted octanol–water partition coefficient (Wildman–Crippen LogP) is 5.44. The number of hydrogen-bond donors (Lipinski definition) is 1. The van der Waals surface area contributed by atoms with Crippen LogP contribution in [0, 0.1) is 5.82 Å². The summed E-state index contributed by atoms with van der Waals surface area (Å²) >= 11 is 6.14. The number of halogens is 2. The maximum atomic E-state index is 15.2. The van der Waals surface area contributed by atoms with E-state index >= 15 is 4.39 Å². The molecule has 1 heterocycles. The fourth-order valence-electron chi connectivity index (χ4n) is 4.09. The topological polar surface area (TPSA) is 111 Å². The number of nitrogens with one attached hydrogen (secondary N) is 1. The van der Waals surface area contributed by atoms with Gasteiger partial charge >= 0.3 is 0 Å². The van der Waals surface area contributed by atoms with Gasteiger partial charge in [0.2, 0.25) is 10.0 Å². The molecular formula is C27H26ClFN4O5S. The van der Waals surface area contributed by atoms with Gasteiger partial charge in [-0.3, -0.25) is 9.10 Å². The number of rotatable bonds is 10. The van der Waals surface area contributed by atoms with E-state index in [9.17, 15) is 13.2 Å². The fourth-order valence-corrected chi connectivity index (χ4v) is 5.81. The molecular weight excluding hydrogens is 547 g/mol. The van der Waals surface area contributed by atoms with Crippen molar-refractivity contribution in [2.24, 2.45) is 0 Å². The number of nitrogens with zero attached hydrogens (tertiary/aromatic N) is 3. The second-order valence-electron chi connectivity index (χ2n) is 8.47. The van der Waals surface area contributed by atoms with Crippen LogP contribution < -0.4 is 19.1 Å². The van der Waals surface area contributed by atoms with Crippen molar-refractivity contribution in [1.82, 2.24) is 9.97 Å². The van der Waals surface area contributed by atoms with Crippen LogP contribution in [0.4, 0.5) is 15.8 Å². The van der Waals surface area contributed by atoms with Crippen molar-refractivity contribution >= 4 is 49.8 Å². The lowest BCUT2D eigenvalue weighted by Gasteiger charge is -2.27. The van der Waals surface area contributed by atoms with Crippen LogP contribution in [0.15, 0.2) is 60.9 Å². The number of carbonyl (C=O) groups excluding carboxylic acids is 1. The van der Waals surface area contributed by atoms with E-state index in [1.807, 2.05) is 0 Å². The van der Waals surface area contributed by atoms with Crippen molar-refractivity contribution in [2.45, 2.75) is 19.9 Å². The summed E-state index contributed by atoms with van der Waals surface area (Å²) < 4.78 is 53.8. The first-order valence-electron chi connectivity index (χ1n) is 11.9. The SMILES string of the molecule is CCCS(=O)(=O)N(Cc1ccc(OC)cc1)c1ccc(F)c(NC(=O)c2cccc3c(Cl)ncnc23)c1OC. The molecule has 0 saturated carbocycles. The van der Waals surface area contributed by atoms with Crippen LogP contribution in [-0.2, 0) is 16.6 Å². The Balaban J connectivity index is 1.79. The van der Waals surface area contributed by atoms with E-state index < -0.39 is 21.7 Å². The van der Waals surface area contributed by atoms with Gasteiger partial charge in [0.15, 0.2) is 11.6 Å². The number of benzene rings is 3. The van der Waals surface area contributed by atoms with E-state index in [0.29, 0.717) is 23.1 Å². The average molecular weight is 573 g/mol. The first-order chi connectivity index (χ1) is 18.7. The van der Waals surface area contributed by atoms with E-state index in [2.05, 4.69) is 15.3 Å². The van der Waals surface area contributed by atoms with Gasteiger partial charge in [-0.25, -0.2) is 22.8 Å². The van der Waals surface area contributed by atoms with Crippen molar-refractivity contribution in [3.63, 3.8) is 0 Å². The molecule has 204 valence electrons. The zero-order valence-electron chi connectivity index (χ0n) is 21.4. The van der Waals surface area contributed by atoms with Crippen LogP contribution in [0.5, 0.6) is 11.5 Å². The first kappa shape index (κ1) is 28.1. The average Bonchev–Trinajstić information content (AvgIpc) is 2.93. The molecule has 0 bridgehead atoms. The minimum atomic E-state index is -3.86. The number of fused-ring (bicyclic) bond motifs is 1. The van der Waals surface area contributed by atoms with Gasteiger partial charge in [0.1, 0.15) is 22.9 Å². The number of ether oxygens (including phenoxy) is 2. The minimum Gasteiger partial charge on any atom is -0.497 e. The third-order valence-electron chi connectivity index (χ3n) is 5.94. The van der Waals surface area contributed by atoms with E-state index in [-0.39, 0.29) is 45.7 Å². The molecule has 3 aromatic carbocycles. The molecule has 0 radical (unpaired) electrons. The van der Waals surface area contributed by atoms with Crippen molar-refractivity contribution in [2.75, 3.05) is 29.6 Å².